The van der Waals surface area contributed by atoms with Gasteiger partial charge in [0.2, 0.25) is 0 Å². The van der Waals surface area contributed by atoms with Crippen LogP contribution in [0.1, 0.15) is 19.8 Å². The number of unbranched alkanes of at least 4 members (excludes halogenated alkanes) is 1. The summed E-state index contributed by atoms with van der Waals surface area (Å²) >= 11 is 10.2. The average Bonchev–Trinajstić information content (AvgIpc) is 1.85. The van der Waals surface area contributed by atoms with E-state index in [-0.39, 0.29) is 0 Å². The Hall–Kier alpha value is 3.76. The van der Waals surface area contributed by atoms with Crippen LogP contribution < -0.4 is 10.9 Å². The summed E-state index contributed by atoms with van der Waals surface area (Å²) in [4.78, 5) is 0. The van der Waals surface area contributed by atoms with Crippen LogP contribution in [0.15, 0.2) is 0 Å². The van der Waals surface area contributed by atoms with Gasteiger partial charge in [0.15, 0.2) is 0 Å². The molecule has 0 atom stereocenters. The Bertz CT molecular complexity index is 78.0. The summed E-state index contributed by atoms with van der Waals surface area (Å²) in [7, 11) is 1.88. The zero-order valence-corrected chi connectivity index (χ0v) is 19.7. The van der Waals surface area contributed by atoms with Crippen molar-refractivity contribution in [3.8, 4) is 0 Å². The van der Waals surface area contributed by atoms with Crippen LogP contribution in [0.2, 0.25) is 0 Å². The number of rotatable bonds is 4. The van der Waals surface area contributed by atoms with Gasteiger partial charge in [-0.1, -0.05) is 13.3 Å². The van der Waals surface area contributed by atoms with E-state index in [0.717, 1.165) is 6.54 Å². The Morgan fingerprint density at radius 1 is 1.17 bits per heavy atom. The van der Waals surface area contributed by atoms with Gasteiger partial charge in [0.25, 0.3) is 0 Å². The molecular weight excluding hydrogens is 803 g/mol. The van der Waals surface area contributed by atoms with Gasteiger partial charge >= 0.3 is 75.0 Å². The topological polar surface area (TPSA) is 24.1 Å². The second kappa shape index (κ2) is 12.8. The third-order valence-corrected chi connectivity index (χ3v) is 0.832. The Balaban J connectivity index is 0. The summed E-state index contributed by atoms with van der Waals surface area (Å²) in [5, 5.41) is 0. The Morgan fingerprint density at radius 2 is 1.58 bits per heavy atom. The fourth-order valence-corrected chi connectivity index (χ4v) is 0.390. The SMILES string of the molecule is CCCCNNC.[I][Pb]([I])([I])[I]. The first-order valence-electron chi connectivity index (χ1n) is 3.57. The van der Waals surface area contributed by atoms with Crippen LogP contribution in [0.25, 0.3) is 0 Å². The number of hydrogen-bond donors (Lipinski definition) is 2. The van der Waals surface area contributed by atoms with Crippen LogP contribution in [0, 0.1) is 0 Å². The maximum absolute atomic E-state index is 3.00. The van der Waals surface area contributed by atoms with E-state index in [0.29, 0.717) is 0 Å². The second-order valence-corrected chi connectivity index (χ2v) is 171. The normalized spacial score (nSPS) is 10.5. The van der Waals surface area contributed by atoms with Gasteiger partial charge in [-0.3, -0.25) is 10.9 Å². The molecule has 0 aliphatic carbocycles. The van der Waals surface area contributed by atoms with Crippen LogP contribution in [0.3, 0.4) is 0 Å². The Morgan fingerprint density at radius 3 is 1.83 bits per heavy atom. The molecule has 0 rings (SSSR count). The van der Waals surface area contributed by atoms with Crippen LogP contribution in [-0.2, 0) is 0 Å². The third kappa shape index (κ3) is 37.2. The van der Waals surface area contributed by atoms with E-state index in [4.69, 9.17) is 0 Å². The van der Waals surface area contributed by atoms with Gasteiger partial charge < -0.3 is 0 Å². The summed E-state index contributed by atoms with van der Waals surface area (Å²) < 4.78 is -1.40. The minimum atomic E-state index is -1.40. The summed E-state index contributed by atoms with van der Waals surface area (Å²) in [5.41, 5.74) is 5.85. The van der Waals surface area contributed by atoms with Gasteiger partial charge in [0.1, 0.15) is 0 Å². The number of halogens is 4. The summed E-state index contributed by atoms with van der Waals surface area (Å²) in [5.74, 6) is 0. The van der Waals surface area contributed by atoms with Crippen molar-refractivity contribution in [2.24, 2.45) is 0 Å². The molecule has 0 radical (unpaired) electrons. The standard InChI is InChI=1S/C5H14N2.4HI.Pb/c1-3-4-5-7-6-2;;;;;/h6-7H,3-5H2,1-2H3;4*1H;/q;;;;;+4/p-4. The summed E-state index contributed by atoms with van der Waals surface area (Å²) in [6.45, 7) is 3.25. The van der Waals surface area contributed by atoms with Crippen LogP contribution in [0.4, 0.5) is 0 Å². The quantitative estimate of drug-likeness (QED) is 0.196. The van der Waals surface area contributed by atoms with Crippen molar-refractivity contribution in [3.05, 3.63) is 0 Å². The maximum atomic E-state index is 3.00. The zero-order valence-electron chi connectivity index (χ0n) is 7.13. The van der Waals surface area contributed by atoms with E-state index in [1.807, 2.05) is 7.05 Å². The molecule has 0 bridgehead atoms. The van der Waals surface area contributed by atoms with Crippen molar-refractivity contribution < 1.29 is 0 Å². The van der Waals surface area contributed by atoms with Crippen molar-refractivity contribution in [1.82, 2.24) is 10.9 Å². The van der Waals surface area contributed by atoms with Gasteiger partial charge in [-0.15, -0.1) is 0 Å². The molecule has 76 valence electrons. The molecule has 0 aromatic heterocycles. The van der Waals surface area contributed by atoms with Crippen molar-refractivity contribution in [2.45, 2.75) is 19.8 Å². The van der Waals surface area contributed by atoms with Gasteiger partial charge in [-0.2, -0.15) is 0 Å². The molecule has 7 heteroatoms. The van der Waals surface area contributed by atoms with Crippen molar-refractivity contribution >= 4 is 75.0 Å². The molecule has 0 amide bonds. The monoisotopic (exact) mass is 818 g/mol. The third-order valence-electron chi connectivity index (χ3n) is 0.832. The van der Waals surface area contributed by atoms with E-state index < -0.39 is 4.00 Å². The fraction of sp³-hybridized carbons (Fsp3) is 1.00. The summed E-state index contributed by atoms with van der Waals surface area (Å²) in [6.07, 6.45) is 2.51. The first-order chi connectivity index (χ1) is 5.41. The van der Waals surface area contributed by atoms with Gasteiger partial charge in [0.05, 0.1) is 0 Å². The van der Waals surface area contributed by atoms with Crippen LogP contribution >= 0.6 is 71.0 Å². The van der Waals surface area contributed by atoms with E-state index in [2.05, 4.69) is 88.8 Å². The molecule has 0 aliphatic heterocycles. The van der Waals surface area contributed by atoms with E-state index in [1.54, 1.807) is 0 Å². The minimum absolute atomic E-state index is 1.08. The molecule has 0 saturated carbocycles. The molecule has 0 fully saturated rings. The molecule has 0 saturated heterocycles. The zero-order chi connectivity index (χ0) is 10.0. The van der Waals surface area contributed by atoms with Crippen molar-refractivity contribution in [1.29, 1.82) is 0 Å². The van der Waals surface area contributed by atoms with Gasteiger partial charge in [0, 0.05) is 6.54 Å². The van der Waals surface area contributed by atoms with Gasteiger partial charge in [-0.05, 0) is 13.5 Å². The average molecular weight is 817 g/mol. The number of nitrogens with one attached hydrogen (secondary N) is 2. The number of hydrazine groups is 1. The molecule has 0 spiro atoms. The molecule has 2 N–H and O–H groups in total. The second-order valence-electron chi connectivity index (χ2n) is 1.96. The molecule has 0 aromatic rings. The first-order valence-corrected chi connectivity index (χ1v) is 47.3. The molecule has 12 heavy (non-hydrogen) atoms. The molecule has 0 unspecified atom stereocenters. The fourth-order valence-electron chi connectivity index (χ4n) is 0.390. The number of hydrogen-bond acceptors (Lipinski definition) is 2. The first kappa shape index (κ1) is 18.1. The summed E-state index contributed by atoms with van der Waals surface area (Å²) in [6, 6.07) is 0. The molecular formula is C5H14I4N2Pb. The molecule has 0 aromatic carbocycles. The van der Waals surface area contributed by atoms with Crippen molar-refractivity contribution in [3.63, 3.8) is 0 Å². The van der Waals surface area contributed by atoms with E-state index in [9.17, 15) is 0 Å². The van der Waals surface area contributed by atoms with Crippen LogP contribution in [0.5, 0.6) is 0 Å². The molecule has 2 nitrogen and oxygen atoms in total. The Labute approximate surface area is 116 Å². The predicted octanol–water partition coefficient (Wildman–Crippen LogP) is 3.67. The van der Waals surface area contributed by atoms with Gasteiger partial charge in [-0.25, -0.2) is 0 Å². The Kier molecular flexibility index (Phi) is 19.4. The van der Waals surface area contributed by atoms with Crippen LogP contribution in [-0.4, -0.2) is 17.6 Å². The molecule has 0 heterocycles. The molecule has 0 aliphatic rings. The van der Waals surface area contributed by atoms with Crippen molar-refractivity contribution in [2.75, 3.05) is 13.6 Å². The van der Waals surface area contributed by atoms with E-state index >= 15 is 0 Å². The predicted molar refractivity (Wildman–Crippen MR) is 93.8 cm³/mol. The van der Waals surface area contributed by atoms with E-state index in [1.165, 1.54) is 12.8 Å².